The second kappa shape index (κ2) is 6.83. The monoisotopic (exact) mass is 294 g/mol. The van der Waals surface area contributed by atoms with Crippen LogP contribution in [0.25, 0.3) is 0 Å². The zero-order valence-corrected chi connectivity index (χ0v) is 11.9. The molecule has 2 rings (SSSR count). The molecule has 0 amide bonds. The molecule has 2 aromatic rings. The van der Waals surface area contributed by atoms with Gasteiger partial charge in [0.25, 0.3) is 0 Å². The van der Waals surface area contributed by atoms with Gasteiger partial charge in [0.2, 0.25) is 0 Å². The Kier molecular flexibility index (Phi) is 5.11. The first kappa shape index (κ1) is 15.0. The quantitative estimate of drug-likeness (QED) is 0.503. The molecular weight excluding hydrogens is 278 g/mol. The number of rotatable bonds is 5. The molecule has 0 aliphatic carbocycles. The molecule has 0 spiro atoms. The van der Waals surface area contributed by atoms with Gasteiger partial charge in [-0.25, -0.2) is 8.78 Å². The van der Waals surface area contributed by atoms with Crippen molar-refractivity contribution in [2.45, 2.75) is 17.9 Å². The van der Waals surface area contributed by atoms with E-state index in [4.69, 9.17) is 5.84 Å². The van der Waals surface area contributed by atoms with Crippen molar-refractivity contribution in [3.05, 3.63) is 65.2 Å². The average Bonchev–Trinajstić information content (AvgIpc) is 2.45. The molecule has 106 valence electrons. The van der Waals surface area contributed by atoms with Crippen molar-refractivity contribution in [3.8, 4) is 0 Å². The van der Waals surface area contributed by atoms with E-state index in [1.807, 2.05) is 6.92 Å². The Labute approximate surface area is 121 Å². The molecule has 0 aliphatic rings. The number of aryl methyl sites for hydroxylation is 1. The lowest BCUT2D eigenvalue weighted by Crippen LogP contribution is -2.30. The van der Waals surface area contributed by atoms with Gasteiger partial charge in [0.1, 0.15) is 11.6 Å². The minimum absolute atomic E-state index is 0.271. The van der Waals surface area contributed by atoms with Crippen LogP contribution in [0.1, 0.15) is 17.2 Å². The fourth-order valence-corrected chi connectivity index (χ4v) is 2.83. The van der Waals surface area contributed by atoms with E-state index in [1.54, 1.807) is 24.3 Å². The van der Waals surface area contributed by atoms with Crippen LogP contribution in [0.15, 0.2) is 47.4 Å². The van der Waals surface area contributed by atoms with Gasteiger partial charge in [-0.2, -0.15) is 0 Å². The molecule has 0 saturated heterocycles. The lowest BCUT2D eigenvalue weighted by Gasteiger charge is -2.17. The zero-order chi connectivity index (χ0) is 14.5. The van der Waals surface area contributed by atoms with Crippen molar-refractivity contribution in [3.63, 3.8) is 0 Å². The number of hydrazine groups is 1. The number of hydrogen-bond acceptors (Lipinski definition) is 3. The van der Waals surface area contributed by atoms with Crippen LogP contribution in [0, 0.1) is 18.6 Å². The molecule has 0 radical (unpaired) electrons. The second-order valence-corrected chi connectivity index (χ2v) is 5.60. The number of hydrogen-bond donors (Lipinski definition) is 2. The van der Waals surface area contributed by atoms with E-state index in [0.717, 1.165) is 10.5 Å². The minimum atomic E-state index is -0.301. The highest BCUT2D eigenvalue weighted by Gasteiger charge is 2.15. The van der Waals surface area contributed by atoms with Gasteiger partial charge in [-0.1, -0.05) is 17.7 Å². The maximum Gasteiger partial charge on any atom is 0.128 e. The molecule has 0 bridgehead atoms. The van der Waals surface area contributed by atoms with E-state index >= 15 is 0 Å². The lowest BCUT2D eigenvalue weighted by atomic mass is 10.1. The molecular formula is C15H16F2N2S. The van der Waals surface area contributed by atoms with Crippen LogP contribution in [0.5, 0.6) is 0 Å². The van der Waals surface area contributed by atoms with Gasteiger partial charge in [0.05, 0.1) is 6.04 Å². The van der Waals surface area contributed by atoms with Crippen molar-refractivity contribution < 1.29 is 8.78 Å². The fourth-order valence-electron chi connectivity index (χ4n) is 1.87. The van der Waals surface area contributed by atoms with Gasteiger partial charge in [0, 0.05) is 16.2 Å². The molecule has 0 aromatic heterocycles. The van der Waals surface area contributed by atoms with E-state index < -0.39 is 0 Å². The largest absolute Gasteiger partial charge is 0.271 e. The van der Waals surface area contributed by atoms with Gasteiger partial charge >= 0.3 is 0 Å². The first-order valence-electron chi connectivity index (χ1n) is 6.20. The molecule has 1 atom stereocenters. The molecule has 0 saturated carbocycles. The van der Waals surface area contributed by atoms with E-state index in [2.05, 4.69) is 5.43 Å². The van der Waals surface area contributed by atoms with E-state index in [9.17, 15) is 8.78 Å². The Hall–Kier alpha value is -1.43. The first-order chi connectivity index (χ1) is 9.60. The van der Waals surface area contributed by atoms with Crippen LogP contribution in [0.4, 0.5) is 8.78 Å². The van der Waals surface area contributed by atoms with Crippen molar-refractivity contribution in [2.24, 2.45) is 5.84 Å². The Bertz CT molecular complexity index is 573. The Morgan fingerprint density at radius 3 is 2.50 bits per heavy atom. The maximum absolute atomic E-state index is 13.8. The number of benzene rings is 2. The van der Waals surface area contributed by atoms with Crippen LogP contribution in [0.3, 0.4) is 0 Å². The lowest BCUT2D eigenvalue weighted by molar-refractivity contribution is 0.546. The molecule has 20 heavy (non-hydrogen) atoms. The molecule has 0 aliphatic heterocycles. The van der Waals surface area contributed by atoms with Crippen molar-refractivity contribution in [2.75, 3.05) is 5.75 Å². The number of nitrogens with one attached hydrogen (secondary N) is 1. The van der Waals surface area contributed by atoms with Crippen molar-refractivity contribution in [1.82, 2.24) is 5.43 Å². The Morgan fingerprint density at radius 2 is 1.85 bits per heavy atom. The zero-order valence-electron chi connectivity index (χ0n) is 11.1. The minimum Gasteiger partial charge on any atom is -0.271 e. The van der Waals surface area contributed by atoms with Crippen molar-refractivity contribution >= 4 is 11.8 Å². The number of nitrogens with two attached hydrogens (primary N) is 1. The van der Waals surface area contributed by atoms with Crippen LogP contribution < -0.4 is 11.3 Å². The predicted octanol–water partition coefficient (Wildman–Crippen LogP) is 3.57. The van der Waals surface area contributed by atoms with Crippen LogP contribution >= 0.6 is 11.8 Å². The molecule has 3 N–H and O–H groups in total. The highest BCUT2D eigenvalue weighted by molar-refractivity contribution is 7.99. The van der Waals surface area contributed by atoms with E-state index in [1.165, 1.54) is 30.0 Å². The van der Waals surface area contributed by atoms with Gasteiger partial charge < -0.3 is 0 Å². The summed E-state index contributed by atoms with van der Waals surface area (Å²) in [6, 6.07) is 10.8. The summed E-state index contributed by atoms with van der Waals surface area (Å²) in [4.78, 5) is 0.916. The third kappa shape index (κ3) is 3.79. The van der Waals surface area contributed by atoms with Gasteiger partial charge in [-0.05, 0) is 37.3 Å². The van der Waals surface area contributed by atoms with Crippen LogP contribution in [-0.4, -0.2) is 5.75 Å². The number of halogens is 2. The highest BCUT2D eigenvalue weighted by Crippen LogP contribution is 2.26. The summed E-state index contributed by atoms with van der Waals surface area (Å²) < 4.78 is 26.7. The number of thioether (sulfide) groups is 1. The molecule has 5 heteroatoms. The third-order valence-corrected chi connectivity index (χ3v) is 4.06. The summed E-state index contributed by atoms with van der Waals surface area (Å²) in [5.74, 6) is 5.53. The molecule has 2 aromatic carbocycles. The van der Waals surface area contributed by atoms with Crippen molar-refractivity contribution in [1.29, 1.82) is 0 Å². The normalized spacial score (nSPS) is 12.4. The summed E-state index contributed by atoms with van der Waals surface area (Å²) in [5.41, 5.74) is 4.16. The van der Waals surface area contributed by atoms with Gasteiger partial charge in [0.15, 0.2) is 0 Å². The standard InChI is InChI=1S/C15H16F2N2S/c1-10-2-7-14(17)13(8-10)15(19-18)9-20-12-5-3-11(16)4-6-12/h2-8,15,19H,9,18H2,1H3. The Balaban J connectivity index is 2.09. The maximum atomic E-state index is 13.8. The second-order valence-electron chi connectivity index (χ2n) is 4.51. The Morgan fingerprint density at radius 1 is 1.15 bits per heavy atom. The smallest absolute Gasteiger partial charge is 0.128 e. The van der Waals surface area contributed by atoms with E-state index in [-0.39, 0.29) is 17.7 Å². The summed E-state index contributed by atoms with van der Waals surface area (Å²) in [5, 5.41) is 0. The molecule has 0 heterocycles. The molecule has 0 fully saturated rings. The summed E-state index contributed by atoms with van der Waals surface area (Å²) in [7, 11) is 0. The van der Waals surface area contributed by atoms with E-state index in [0.29, 0.717) is 11.3 Å². The third-order valence-electron chi connectivity index (χ3n) is 2.96. The van der Waals surface area contributed by atoms with Crippen LogP contribution in [-0.2, 0) is 0 Å². The summed E-state index contributed by atoms with van der Waals surface area (Å²) in [6.07, 6.45) is 0. The topological polar surface area (TPSA) is 38.0 Å². The molecule has 1 unspecified atom stereocenters. The highest BCUT2D eigenvalue weighted by atomic mass is 32.2. The summed E-state index contributed by atoms with van der Waals surface area (Å²) >= 11 is 1.50. The average molecular weight is 294 g/mol. The fraction of sp³-hybridized carbons (Fsp3) is 0.200. The summed E-state index contributed by atoms with van der Waals surface area (Å²) in [6.45, 7) is 1.91. The van der Waals surface area contributed by atoms with Gasteiger partial charge in [-0.15, -0.1) is 11.8 Å². The molecule has 2 nitrogen and oxygen atoms in total. The van der Waals surface area contributed by atoms with Gasteiger partial charge in [-0.3, -0.25) is 11.3 Å². The first-order valence-corrected chi connectivity index (χ1v) is 7.19. The SMILES string of the molecule is Cc1ccc(F)c(C(CSc2ccc(F)cc2)NN)c1. The predicted molar refractivity (Wildman–Crippen MR) is 78.3 cm³/mol. The van der Waals surface area contributed by atoms with Crippen LogP contribution in [0.2, 0.25) is 0 Å².